The predicted octanol–water partition coefficient (Wildman–Crippen LogP) is 3.93. The number of methoxy groups -OCH3 is 1. The molecule has 1 amide bonds. The molecule has 0 unspecified atom stereocenters. The summed E-state index contributed by atoms with van der Waals surface area (Å²) in [6.07, 6.45) is 4.07. The van der Waals surface area contributed by atoms with E-state index in [-0.39, 0.29) is 42.1 Å². The zero-order valence-corrected chi connectivity index (χ0v) is 22.4. The molecular formula is C28H29ClFN5O5. The minimum atomic E-state index is -0.708. The number of pyridine rings is 1. The van der Waals surface area contributed by atoms with Gasteiger partial charge >= 0.3 is 0 Å². The molecule has 1 saturated heterocycles. The lowest BCUT2D eigenvalue weighted by molar-refractivity contribution is -0.124. The van der Waals surface area contributed by atoms with Crippen molar-refractivity contribution >= 4 is 24.1 Å². The number of hydrogen-bond donors (Lipinski definition) is 4. The molecule has 1 aliphatic heterocycles. The van der Waals surface area contributed by atoms with E-state index in [0.717, 1.165) is 18.9 Å². The van der Waals surface area contributed by atoms with Gasteiger partial charge in [-0.25, -0.2) is 14.9 Å². The number of nitrogens with one attached hydrogen (secondary N) is 1. The number of phenolic OH excluding ortho intramolecular Hbond substituents is 1. The van der Waals surface area contributed by atoms with Gasteiger partial charge in [-0.2, -0.15) is 5.26 Å². The van der Waals surface area contributed by atoms with Gasteiger partial charge in [-0.3, -0.25) is 10.0 Å². The highest BCUT2D eigenvalue weighted by atomic mass is 35.5. The third-order valence-corrected chi connectivity index (χ3v) is 6.38. The molecule has 3 aromatic rings. The Morgan fingerprint density at radius 3 is 2.58 bits per heavy atom. The Morgan fingerprint density at radius 1 is 1.23 bits per heavy atom. The first-order chi connectivity index (χ1) is 18.8. The van der Waals surface area contributed by atoms with Gasteiger partial charge in [0, 0.05) is 36.8 Å². The molecule has 10 nitrogen and oxygen atoms in total. The van der Waals surface area contributed by atoms with Crippen LogP contribution in [0.25, 0.3) is 22.4 Å². The van der Waals surface area contributed by atoms with Crippen LogP contribution < -0.4 is 25.6 Å². The van der Waals surface area contributed by atoms with Gasteiger partial charge in [-0.05, 0) is 48.7 Å². The van der Waals surface area contributed by atoms with E-state index in [1.807, 2.05) is 6.07 Å². The fourth-order valence-corrected chi connectivity index (χ4v) is 4.33. The topological polar surface area (TPSA) is 154 Å². The van der Waals surface area contributed by atoms with Gasteiger partial charge in [0.25, 0.3) is 5.91 Å². The van der Waals surface area contributed by atoms with Crippen LogP contribution in [0.5, 0.6) is 17.2 Å². The van der Waals surface area contributed by atoms with E-state index in [2.05, 4.69) is 4.90 Å². The lowest BCUT2D eigenvalue weighted by Gasteiger charge is -2.32. The molecule has 0 radical (unpaired) electrons. The summed E-state index contributed by atoms with van der Waals surface area (Å²) in [5.74, 6) is -0.302. The zero-order valence-electron chi connectivity index (χ0n) is 21.6. The number of carbonyl (C=O) groups excluding carboxylic acids is 1. The first kappa shape index (κ1) is 30.2. The fraction of sp³-hybridized carbons (Fsp3) is 0.250. The summed E-state index contributed by atoms with van der Waals surface area (Å²) in [6.45, 7) is 1.38. The van der Waals surface area contributed by atoms with Crippen LogP contribution in [0.3, 0.4) is 0 Å². The van der Waals surface area contributed by atoms with Crippen molar-refractivity contribution in [2.24, 2.45) is 5.73 Å². The van der Waals surface area contributed by atoms with Crippen LogP contribution >= 0.6 is 12.4 Å². The van der Waals surface area contributed by atoms with Crippen LogP contribution in [-0.2, 0) is 4.79 Å². The number of rotatable bonds is 8. The maximum atomic E-state index is 14.7. The monoisotopic (exact) mass is 569 g/mol. The smallest absolute Gasteiger partial charge is 0.267 e. The summed E-state index contributed by atoms with van der Waals surface area (Å²) in [6, 6.07) is 12.7. The first-order valence-electron chi connectivity index (χ1n) is 12.2. The Hall–Kier alpha value is -4.37. The van der Waals surface area contributed by atoms with E-state index in [4.69, 9.17) is 25.4 Å². The van der Waals surface area contributed by atoms with Gasteiger partial charge in [0.15, 0.2) is 11.5 Å². The quantitative estimate of drug-likeness (QED) is 0.179. The van der Waals surface area contributed by atoms with Crippen molar-refractivity contribution in [2.75, 3.05) is 31.7 Å². The van der Waals surface area contributed by atoms with E-state index in [9.17, 15) is 19.6 Å². The fourth-order valence-electron chi connectivity index (χ4n) is 4.33. The number of halogens is 2. The molecule has 0 saturated carbocycles. The lowest BCUT2D eigenvalue weighted by Crippen LogP contribution is -2.40. The van der Waals surface area contributed by atoms with Gasteiger partial charge in [-0.1, -0.05) is 12.1 Å². The Bertz CT molecular complexity index is 1440. The molecule has 0 spiro atoms. The number of aromatic nitrogens is 1. The van der Waals surface area contributed by atoms with Crippen LogP contribution in [0.4, 0.5) is 10.2 Å². The Balaban J connectivity index is 0.00000441. The van der Waals surface area contributed by atoms with E-state index in [0.29, 0.717) is 47.0 Å². The Kier molecular flexibility index (Phi) is 10.3. The van der Waals surface area contributed by atoms with Crippen LogP contribution in [-0.4, -0.2) is 54.1 Å². The van der Waals surface area contributed by atoms with Crippen molar-refractivity contribution in [3.05, 3.63) is 66.0 Å². The largest absolute Gasteiger partial charge is 0.504 e. The predicted molar refractivity (Wildman–Crippen MR) is 149 cm³/mol. The van der Waals surface area contributed by atoms with Crippen LogP contribution in [0.15, 0.2) is 54.6 Å². The molecule has 210 valence electrons. The van der Waals surface area contributed by atoms with E-state index < -0.39 is 11.7 Å². The highest BCUT2D eigenvalue weighted by Gasteiger charge is 2.24. The van der Waals surface area contributed by atoms with Gasteiger partial charge in [0.1, 0.15) is 30.1 Å². The van der Waals surface area contributed by atoms with E-state index in [1.54, 1.807) is 24.3 Å². The molecule has 0 aliphatic carbocycles. The summed E-state index contributed by atoms with van der Waals surface area (Å²) in [5, 5.41) is 28.4. The summed E-state index contributed by atoms with van der Waals surface area (Å²) in [5.41, 5.74) is 9.35. The molecular weight excluding hydrogens is 541 g/mol. The van der Waals surface area contributed by atoms with Gasteiger partial charge in [0.05, 0.1) is 23.9 Å². The first-order valence-corrected chi connectivity index (χ1v) is 12.2. The molecule has 40 heavy (non-hydrogen) atoms. The number of carbonyl (C=O) groups is 1. The molecule has 1 aliphatic rings. The number of aromatic hydroxyl groups is 1. The number of benzene rings is 2. The normalized spacial score (nSPS) is 13.4. The second kappa shape index (κ2) is 13.6. The van der Waals surface area contributed by atoms with Crippen molar-refractivity contribution < 1.29 is 29.0 Å². The van der Waals surface area contributed by atoms with Crippen molar-refractivity contribution in [2.45, 2.75) is 18.9 Å². The molecule has 1 fully saturated rings. The summed E-state index contributed by atoms with van der Waals surface area (Å²) in [7, 11) is 1.52. The molecule has 0 bridgehead atoms. The average Bonchev–Trinajstić information content (AvgIpc) is 2.95. The number of piperidine rings is 1. The number of hydroxylamine groups is 1. The van der Waals surface area contributed by atoms with Crippen LogP contribution in [0, 0.1) is 17.1 Å². The summed E-state index contributed by atoms with van der Waals surface area (Å²) in [4.78, 5) is 18.1. The molecule has 1 aromatic heterocycles. The molecule has 2 aromatic carbocycles. The van der Waals surface area contributed by atoms with Gasteiger partial charge in [-0.15, -0.1) is 12.4 Å². The number of hydrogen-bond acceptors (Lipinski definition) is 9. The third kappa shape index (κ3) is 6.79. The minimum absolute atomic E-state index is 0. The summed E-state index contributed by atoms with van der Waals surface area (Å²) < 4.78 is 25.9. The Morgan fingerprint density at radius 2 is 1.95 bits per heavy atom. The number of nitrogens with zero attached hydrogens (tertiary/aromatic N) is 3. The molecule has 2 heterocycles. The lowest BCUT2D eigenvalue weighted by atomic mass is 9.96. The zero-order chi connectivity index (χ0) is 27.9. The number of nitrogens with two attached hydrogens (primary N) is 1. The summed E-state index contributed by atoms with van der Waals surface area (Å²) >= 11 is 0. The molecule has 4 rings (SSSR count). The van der Waals surface area contributed by atoms with Gasteiger partial charge in [0.2, 0.25) is 0 Å². The Labute approximate surface area is 236 Å². The van der Waals surface area contributed by atoms with Crippen molar-refractivity contribution in [1.29, 1.82) is 5.26 Å². The van der Waals surface area contributed by atoms with E-state index >= 15 is 0 Å². The molecule has 0 atom stereocenters. The second-order valence-electron chi connectivity index (χ2n) is 8.91. The SMILES string of the molecule is COc1cc(N2CCC(N)CC2)nc(-c2ccc(C#N)c(F)c2)c1-c1ccc(OC/C=C/C(=O)NO)c(O)c1.Cl. The van der Waals surface area contributed by atoms with E-state index in [1.165, 1.54) is 36.9 Å². The average molecular weight is 570 g/mol. The van der Waals surface area contributed by atoms with Gasteiger partial charge < -0.3 is 25.2 Å². The van der Waals surface area contributed by atoms with Crippen molar-refractivity contribution in [3.8, 4) is 45.7 Å². The van der Waals surface area contributed by atoms with Crippen molar-refractivity contribution in [1.82, 2.24) is 10.5 Å². The minimum Gasteiger partial charge on any atom is -0.504 e. The van der Waals surface area contributed by atoms with Crippen LogP contribution in [0.2, 0.25) is 0 Å². The van der Waals surface area contributed by atoms with Crippen LogP contribution in [0.1, 0.15) is 18.4 Å². The number of anilines is 1. The maximum Gasteiger partial charge on any atom is 0.267 e. The maximum absolute atomic E-state index is 14.7. The second-order valence-corrected chi connectivity index (χ2v) is 8.91. The number of phenols is 1. The van der Waals surface area contributed by atoms with Crippen molar-refractivity contribution in [3.63, 3.8) is 0 Å². The standard InChI is InChI=1S/C28H28FN5O5.ClH/c1-38-24-15-25(34-10-8-20(31)9-11-34)32-28(18-4-5-19(16-30)21(29)13-18)27(24)17-6-7-23(22(35)14-17)39-12-2-3-26(36)33-37;/h2-7,13-15,20,35,37H,8-12,31H2,1H3,(H,33,36);1H/b3-2+;. The number of nitriles is 1. The highest BCUT2D eigenvalue weighted by molar-refractivity contribution is 5.88. The molecule has 12 heteroatoms. The molecule has 5 N–H and O–H groups in total. The number of ether oxygens (including phenoxy) is 2. The highest BCUT2D eigenvalue weighted by Crippen LogP contribution is 2.43. The third-order valence-electron chi connectivity index (χ3n) is 6.38. The number of amides is 1.